The summed E-state index contributed by atoms with van der Waals surface area (Å²) >= 11 is 0. The number of halogens is 2. The highest BCUT2D eigenvalue weighted by atomic mass is 19.1. The van der Waals surface area contributed by atoms with Gasteiger partial charge in [-0.2, -0.15) is 0 Å². The number of piperidine rings is 1. The molecule has 2 amide bonds. The van der Waals surface area contributed by atoms with Gasteiger partial charge in [0.1, 0.15) is 11.6 Å². The minimum absolute atomic E-state index is 0.0567. The number of benzene rings is 2. The average molecular weight is 441 g/mol. The number of nitrogens with one attached hydrogen (secondary N) is 1. The molecule has 2 aromatic rings. The third kappa shape index (κ3) is 4.54. The average Bonchev–Trinajstić information content (AvgIpc) is 3.30. The zero-order chi connectivity index (χ0) is 22.7. The van der Waals surface area contributed by atoms with Crippen LogP contribution in [0, 0.1) is 24.5 Å². The number of nitrogens with zero attached hydrogens (tertiary/aromatic N) is 1. The van der Waals surface area contributed by atoms with E-state index in [1.165, 1.54) is 18.2 Å². The number of carbonyl (C=O) groups is 2. The van der Waals surface area contributed by atoms with Gasteiger partial charge in [-0.15, -0.1) is 0 Å². The lowest BCUT2D eigenvalue weighted by molar-refractivity contribution is -0.140. The molecule has 4 nitrogen and oxygen atoms in total. The van der Waals surface area contributed by atoms with Gasteiger partial charge in [0.25, 0.3) is 0 Å². The summed E-state index contributed by atoms with van der Waals surface area (Å²) < 4.78 is 27.6. The molecule has 32 heavy (non-hydrogen) atoms. The second kappa shape index (κ2) is 9.39. The highest BCUT2D eigenvalue weighted by Gasteiger charge is 2.45. The quantitative estimate of drug-likeness (QED) is 0.736. The van der Waals surface area contributed by atoms with E-state index < -0.39 is 5.41 Å². The Labute approximate surface area is 188 Å². The summed E-state index contributed by atoms with van der Waals surface area (Å²) in [4.78, 5) is 28.0. The standard InChI is InChI=1S/C26H30F2N2O2/c1-18-7-8-19(15-23(18)28)17-29-24(31)20-9-13-30(14-10-20)25(32)26(11-2-3-12-26)21-5-4-6-22(27)16-21/h4-8,15-16,20H,2-3,9-14,17H2,1H3,(H,29,31). The fourth-order valence-corrected chi connectivity index (χ4v) is 5.12. The maximum atomic E-state index is 13.9. The first-order valence-corrected chi connectivity index (χ1v) is 11.5. The Balaban J connectivity index is 1.35. The molecule has 1 heterocycles. The highest BCUT2D eigenvalue weighted by Crippen LogP contribution is 2.43. The van der Waals surface area contributed by atoms with E-state index >= 15 is 0 Å². The number of amides is 2. The number of hydrogen-bond donors (Lipinski definition) is 1. The van der Waals surface area contributed by atoms with Crippen LogP contribution < -0.4 is 5.32 Å². The minimum atomic E-state index is -0.646. The van der Waals surface area contributed by atoms with Gasteiger partial charge in [-0.3, -0.25) is 9.59 Å². The molecule has 1 aliphatic carbocycles. The Hall–Kier alpha value is -2.76. The van der Waals surface area contributed by atoms with E-state index in [2.05, 4.69) is 5.32 Å². The molecule has 2 aromatic carbocycles. The van der Waals surface area contributed by atoms with Gasteiger partial charge in [-0.1, -0.05) is 37.1 Å². The van der Waals surface area contributed by atoms with Crippen molar-refractivity contribution in [1.29, 1.82) is 0 Å². The molecule has 0 aromatic heterocycles. The molecule has 2 aliphatic rings. The van der Waals surface area contributed by atoms with Gasteiger partial charge in [0.2, 0.25) is 11.8 Å². The Bertz CT molecular complexity index is 993. The van der Waals surface area contributed by atoms with Gasteiger partial charge in [0.05, 0.1) is 5.41 Å². The number of carbonyl (C=O) groups excluding carboxylic acids is 2. The van der Waals surface area contributed by atoms with Crippen LogP contribution >= 0.6 is 0 Å². The van der Waals surface area contributed by atoms with Crippen molar-refractivity contribution >= 4 is 11.8 Å². The Morgan fingerprint density at radius 2 is 1.78 bits per heavy atom. The maximum absolute atomic E-state index is 13.9. The van der Waals surface area contributed by atoms with Crippen molar-refractivity contribution in [2.45, 2.75) is 57.4 Å². The van der Waals surface area contributed by atoms with Gasteiger partial charge in [0, 0.05) is 25.6 Å². The fourth-order valence-electron chi connectivity index (χ4n) is 5.12. The number of aryl methyl sites for hydroxylation is 1. The molecule has 1 aliphatic heterocycles. The van der Waals surface area contributed by atoms with Crippen molar-refractivity contribution in [3.63, 3.8) is 0 Å². The Morgan fingerprint density at radius 1 is 1.06 bits per heavy atom. The predicted octanol–water partition coefficient (Wildman–Crippen LogP) is 4.64. The van der Waals surface area contributed by atoms with E-state index in [0.717, 1.165) is 36.8 Å². The summed E-state index contributed by atoms with van der Waals surface area (Å²) in [5, 5.41) is 2.90. The topological polar surface area (TPSA) is 49.4 Å². The number of hydrogen-bond acceptors (Lipinski definition) is 2. The lowest BCUT2D eigenvalue weighted by Crippen LogP contribution is -2.50. The van der Waals surface area contributed by atoms with Crippen LogP contribution in [-0.4, -0.2) is 29.8 Å². The zero-order valence-corrected chi connectivity index (χ0v) is 18.5. The van der Waals surface area contributed by atoms with Crippen LogP contribution in [0.2, 0.25) is 0 Å². The molecule has 2 fully saturated rings. The number of likely N-dealkylation sites (tertiary alicyclic amines) is 1. The van der Waals surface area contributed by atoms with E-state index in [0.29, 0.717) is 31.5 Å². The lowest BCUT2D eigenvalue weighted by atomic mass is 9.77. The molecule has 1 saturated carbocycles. The largest absolute Gasteiger partial charge is 0.352 e. The summed E-state index contributed by atoms with van der Waals surface area (Å²) in [6.07, 6.45) is 4.59. The smallest absolute Gasteiger partial charge is 0.233 e. The molecular formula is C26H30F2N2O2. The first-order chi connectivity index (χ1) is 15.4. The van der Waals surface area contributed by atoms with Crippen molar-refractivity contribution in [1.82, 2.24) is 10.2 Å². The predicted molar refractivity (Wildman–Crippen MR) is 119 cm³/mol. The van der Waals surface area contributed by atoms with Gasteiger partial charge >= 0.3 is 0 Å². The van der Waals surface area contributed by atoms with Crippen molar-refractivity contribution in [2.24, 2.45) is 5.92 Å². The van der Waals surface area contributed by atoms with E-state index in [9.17, 15) is 18.4 Å². The van der Waals surface area contributed by atoms with Crippen LogP contribution in [0.25, 0.3) is 0 Å². The van der Waals surface area contributed by atoms with Gasteiger partial charge < -0.3 is 10.2 Å². The van der Waals surface area contributed by atoms with Crippen LogP contribution in [0.3, 0.4) is 0 Å². The summed E-state index contributed by atoms with van der Waals surface area (Å²) in [7, 11) is 0. The van der Waals surface area contributed by atoms with E-state index in [4.69, 9.17) is 0 Å². The summed E-state index contributed by atoms with van der Waals surface area (Å²) in [6, 6.07) is 11.4. The van der Waals surface area contributed by atoms with E-state index in [1.54, 1.807) is 19.1 Å². The van der Waals surface area contributed by atoms with Crippen LogP contribution in [0.4, 0.5) is 8.78 Å². The summed E-state index contributed by atoms with van der Waals surface area (Å²) in [5.41, 5.74) is 1.43. The molecular weight excluding hydrogens is 410 g/mol. The lowest BCUT2D eigenvalue weighted by Gasteiger charge is -2.38. The third-order valence-electron chi connectivity index (χ3n) is 7.10. The van der Waals surface area contributed by atoms with Crippen LogP contribution in [0.1, 0.15) is 55.2 Å². The van der Waals surface area contributed by atoms with Gasteiger partial charge in [-0.25, -0.2) is 8.78 Å². The monoisotopic (exact) mass is 440 g/mol. The van der Waals surface area contributed by atoms with Crippen molar-refractivity contribution in [3.05, 3.63) is 70.8 Å². The molecule has 0 atom stereocenters. The van der Waals surface area contributed by atoms with Gasteiger partial charge in [-0.05, 0) is 67.5 Å². The van der Waals surface area contributed by atoms with Crippen molar-refractivity contribution in [3.8, 4) is 0 Å². The Kier molecular flexibility index (Phi) is 6.58. The number of rotatable bonds is 5. The van der Waals surface area contributed by atoms with Crippen LogP contribution in [-0.2, 0) is 21.5 Å². The fraction of sp³-hybridized carbons (Fsp3) is 0.462. The minimum Gasteiger partial charge on any atom is -0.352 e. The van der Waals surface area contributed by atoms with Gasteiger partial charge in [0.15, 0.2) is 0 Å². The van der Waals surface area contributed by atoms with Crippen molar-refractivity contribution < 1.29 is 18.4 Å². The summed E-state index contributed by atoms with van der Waals surface area (Å²) in [5.74, 6) is -0.746. The second-order valence-electron chi connectivity index (χ2n) is 9.17. The molecule has 0 bridgehead atoms. The highest BCUT2D eigenvalue weighted by molar-refractivity contribution is 5.89. The molecule has 0 spiro atoms. The van der Waals surface area contributed by atoms with E-state index in [1.807, 2.05) is 17.0 Å². The SMILES string of the molecule is Cc1ccc(CNC(=O)C2CCN(C(=O)C3(c4cccc(F)c4)CCCC3)CC2)cc1F. The molecule has 0 unspecified atom stereocenters. The maximum Gasteiger partial charge on any atom is 0.233 e. The normalized spacial score (nSPS) is 18.5. The Morgan fingerprint density at radius 3 is 2.44 bits per heavy atom. The molecule has 4 rings (SSSR count). The first-order valence-electron chi connectivity index (χ1n) is 11.5. The van der Waals surface area contributed by atoms with E-state index in [-0.39, 0.29) is 35.9 Å². The third-order valence-corrected chi connectivity index (χ3v) is 7.10. The summed E-state index contributed by atoms with van der Waals surface area (Å²) in [6.45, 7) is 3.04. The zero-order valence-electron chi connectivity index (χ0n) is 18.5. The van der Waals surface area contributed by atoms with Crippen LogP contribution in [0.5, 0.6) is 0 Å². The van der Waals surface area contributed by atoms with Crippen molar-refractivity contribution in [2.75, 3.05) is 13.1 Å². The first kappa shape index (κ1) is 22.4. The molecule has 1 N–H and O–H groups in total. The molecule has 170 valence electrons. The molecule has 6 heteroatoms. The van der Waals surface area contributed by atoms with Crippen LogP contribution in [0.15, 0.2) is 42.5 Å². The molecule has 1 saturated heterocycles. The molecule has 0 radical (unpaired) electrons. The second-order valence-corrected chi connectivity index (χ2v) is 9.17.